The quantitative estimate of drug-likeness (QED) is 0.0461. The zero-order valence-electron chi connectivity index (χ0n) is 36.7. The molecule has 0 aromatic heterocycles. The maximum atomic E-state index is 12.8. The van der Waals surface area contributed by atoms with Crippen LogP contribution < -0.4 is 16.0 Å². The summed E-state index contributed by atoms with van der Waals surface area (Å²) >= 11 is 0. The maximum absolute atomic E-state index is 12.8. The highest BCUT2D eigenvalue weighted by Crippen LogP contribution is 2.44. The Bertz CT molecular complexity index is 1790. The number of aliphatic carboxylic acids is 1. The minimum Gasteiger partial charge on any atom is -0.481 e. The third-order valence-corrected chi connectivity index (χ3v) is 10.6. The van der Waals surface area contributed by atoms with Gasteiger partial charge in [0.1, 0.15) is 19.8 Å². The molecule has 0 radical (unpaired) electrons. The number of allylic oxidation sites excluding steroid dienone is 2. The summed E-state index contributed by atoms with van der Waals surface area (Å²) in [6.45, 7) is 9.98. The number of ketones is 3. The van der Waals surface area contributed by atoms with Gasteiger partial charge in [-0.1, -0.05) is 82.6 Å². The Labute approximate surface area is 365 Å². The Hall–Kier alpha value is -4.96. The molecule has 0 bridgehead atoms. The fraction of sp³-hybridized carbons (Fsp3) is 0.574. The van der Waals surface area contributed by atoms with Gasteiger partial charge in [0.2, 0.25) is 5.91 Å². The maximum Gasteiger partial charge on any atom is 0.407 e. The summed E-state index contributed by atoms with van der Waals surface area (Å²) in [5, 5.41) is 18.3. The van der Waals surface area contributed by atoms with Gasteiger partial charge in [0.15, 0.2) is 17.3 Å². The van der Waals surface area contributed by atoms with Crippen molar-refractivity contribution in [3.8, 4) is 11.1 Å². The topological polar surface area (TPSA) is 205 Å². The van der Waals surface area contributed by atoms with Crippen molar-refractivity contribution in [2.45, 2.75) is 78.6 Å². The molecule has 2 aliphatic rings. The first-order chi connectivity index (χ1) is 29.8. The van der Waals surface area contributed by atoms with Gasteiger partial charge in [-0.25, -0.2) is 4.79 Å². The monoisotopic (exact) mass is 863 g/mol. The number of carboxylic acids is 1. The van der Waals surface area contributed by atoms with E-state index in [1.165, 1.54) is 0 Å². The molecule has 2 aliphatic carbocycles. The van der Waals surface area contributed by atoms with Gasteiger partial charge in [0, 0.05) is 50.5 Å². The second-order valence-corrected chi connectivity index (χ2v) is 16.9. The second-order valence-electron chi connectivity index (χ2n) is 16.9. The summed E-state index contributed by atoms with van der Waals surface area (Å²) in [5.74, 6) is -2.55. The van der Waals surface area contributed by atoms with Crippen LogP contribution in [0.2, 0.25) is 0 Å². The minimum atomic E-state index is -1.04. The van der Waals surface area contributed by atoms with Crippen LogP contribution in [-0.4, -0.2) is 120 Å². The Balaban J connectivity index is 0.947. The number of carbonyl (C=O) groups excluding carboxylic acids is 5. The van der Waals surface area contributed by atoms with Gasteiger partial charge < -0.3 is 44.7 Å². The number of hydrogen-bond acceptors (Lipinski definition) is 12. The number of ether oxygens (including phenoxy) is 5. The number of hydrogen-bond donors (Lipinski definition) is 4. The third-order valence-electron chi connectivity index (χ3n) is 10.6. The first-order valence-electron chi connectivity index (χ1n) is 21.7. The molecule has 2 aromatic carbocycles. The van der Waals surface area contributed by atoms with Gasteiger partial charge >= 0.3 is 12.1 Å². The van der Waals surface area contributed by atoms with E-state index in [4.69, 9.17) is 23.7 Å². The molecular weight excluding hydrogens is 799 g/mol. The highest BCUT2D eigenvalue weighted by atomic mass is 16.6. The minimum absolute atomic E-state index is 0.0137. The lowest BCUT2D eigenvalue weighted by molar-refractivity contribution is -0.144. The van der Waals surface area contributed by atoms with Crippen LogP contribution >= 0.6 is 0 Å². The summed E-state index contributed by atoms with van der Waals surface area (Å²) in [6, 6.07) is 16.3. The Morgan fingerprint density at radius 3 is 1.87 bits per heavy atom. The molecule has 0 saturated heterocycles. The summed E-state index contributed by atoms with van der Waals surface area (Å²) in [6.07, 6.45) is 2.05. The molecule has 2 aromatic rings. The number of rotatable bonds is 29. The average molecular weight is 864 g/mol. The van der Waals surface area contributed by atoms with E-state index in [2.05, 4.69) is 40.2 Å². The lowest BCUT2D eigenvalue weighted by atomic mass is 9.73. The van der Waals surface area contributed by atoms with Crippen LogP contribution in [0.1, 0.15) is 89.7 Å². The molecule has 0 spiro atoms. The van der Waals surface area contributed by atoms with Crippen molar-refractivity contribution >= 4 is 35.3 Å². The fourth-order valence-corrected chi connectivity index (χ4v) is 7.65. The first kappa shape index (κ1) is 49.7. The van der Waals surface area contributed by atoms with E-state index in [0.717, 1.165) is 22.3 Å². The van der Waals surface area contributed by atoms with Crippen molar-refractivity contribution in [2.75, 3.05) is 79.1 Å². The molecule has 0 aliphatic heterocycles. The van der Waals surface area contributed by atoms with E-state index in [9.17, 15) is 33.9 Å². The molecule has 2 amide bonds. The molecule has 15 nitrogen and oxygen atoms in total. The van der Waals surface area contributed by atoms with Crippen molar-refractivity contribution in [2.24, 2.45) is 17.3 Å². The number of amides is 2. The normalized spacial score (nSPS) is 14.9. The molecule has 340 valence electrons. The van der Waals surface area contributed by atoms with Crippen LogP contribution in [0.15, 0.2) is 59.8 Å². The van der Waals surface area contributed by atoms with E-state index in [-0.39, 0.29) is 125 Å². The molecule has 4 N–H and O–H groups in total. The largest absolute Gasteiger partial charge is 0.481 e. The van der Waals surface area contributed by atoms with Crippen molar-refractivity contribution in [1.29, 1.82) is 0 Å². The smallest absolute Gasteiger partial charge is 0.407 e. The number of alkyl carbamates (subject to hydrolysis) is 1. The number of carboxylic acid groups (broad SMARTS) is 1. The average Bonchev–Trinajstić information content (AvgIpc) is 3.53. The Kier molecular flexibility index (Phi) is 20.7. The van der Waals surface area contributed by atoms with E-state index < -0.39 is 18.0 Å². The molecule has 62 heavy (non-hydrogen) atoms. The van der Waals surface area contributed by atoms with Gasteiger partial charge in [0.25, 0.3) is 0 Å². The standard InChI is InChI=1S/C47H65N3O12/c1-32(2)25-40(44-41(52)27-47(3,4)28-42(44)53)48-16-10-9-11-33(45(55)56)26-34(51)29-60-23-21-58-19-17-49-43(54)31-61-24-22-59-20-18-50-46(57)62-30-39-37-14-7-5-12-35(37)36-13-6-8-15-38(36)39/h5-8,12-15,32-33,39,48H,9-11,16-31H2,1-4H3,(H,49,54)(H,50,57)(H,55,56). The molecule has 4 rings (SSSR count). The number of carbonyl (C=O) groups is 6. The van der Waals surface area contributed by atoms with Crippen molar-refractivity contribution in [3.05, 3.63) is 70.9 Å². The second kappa shape index (κ2) is 25.8. The molecule has 1 unspecified atom stereocenters. The Morgan fingerprint density at radius 2 is 1.27 bits per heavy atom. The van der Waals surface area contributed by atoms with Crippen LogP contribution in [0, 0.1) is 17.3 Å². The van der Waals surface area contributed by atoms with Gasteiger partial charge in [0.05, 0.1) is 51.1 Å². The van der Waals surface area contributed by atoms with Crippen LogP contribution in [0.4, 0.5) is 4.79 Å². The predicted molar refractivity (Wildman–Crippen MR) is 231 cm³/mol. The number of nitrogens with one attached hydrogen (secondary N) is 3. The summed E-state index contributed by atoms with van der Waals surface area (Å²) < 4.78 is 27.1. The van der Waals surface area contributed by atoms with E-state index in [1.807, 2.05) is 52.0 Å². The number of benzene rings is 2. The van der Waals surface area contributed by atoms with E-state index >= 15 is 0 Å². The fourth-order valence-electron chi connectivity index (χ4n) is 7.65. The van der Waals surface area contributed by atoms with Crippen molar-refractivity contribution in [1.82, 2.24) is 16.0 Å². The highest BCUT2D eigenvalue weighted by molar-refractivity contribution is 6.22. The first-order valence-corrected chi connectivity index (χ1v) is 21.7. The van der Waals surface area contributed by atoms with Crippen molar-refractivity contribution in [3.63, 3.8) is 0 Å². The van der Waals surface area contributed by atoms with Crippen LogP contribution in [0.3, 0.4) is 0 Å². The Morgan fingerprint density at radius 1 is 0.710 bits per heavy atom. The summed E-state index contributed by atoms with van der Waals surface area (Å²) in [5.41, 5.74) is 5.22. The zero-order valence-corrected chi connectivity index (χ0v) is 36.7. The lowest BCUT2D eigenvalue weighted by Crippen LogP contribution is -2.35. The molecular formula is C47H65N3O12. The highest BCUT2D eigenvalue weighted by Gasteiger charge is 2.37. The van der Waals surface area contributed by atoms with Gasteiger partial charge in [-0.3, -0.25) is 24.0 Å². The zero-order chi connectivity index (χ0) is 44.9. The predicted octanol–water partition coefficient (Wildman–Crippen LogP) is 5.39. The van der Waals surface area contributed by atoms with Gasteiger partial charge in [-0.15, -0.1) is 0 Å². The van der Waals surface area contributed by atoms with Crippen molar-refractivity contribution < 1.29 is 57.6 Å². The molecule has 0 heterocycles. The number of fused-ring (bicyclic) bond motifs is 3. The SMILES string of the molecule is CC(C)CC(NCCCCC(CC(=O)COCCOCCNC(=O)COCCOCCNC(=O)OCC1c2ccccc2-c2ccccc21)C(=O)O)=C1C(=O)CC(C)(C)CC1=O. The third kappa shape index (κ3) is 16.7. The molecule has 1 fully saturated rings. The van der Waals surface area contributed by atoms with Crippen LogP contribution in [0.5, 0.6) is 0 Å². The van der Waals surface area contributed by atoms with E-state index in [1.54, 1.807) is 0 Å². The molecule has 1 atom stereocenters. The summed E-state index contributed by atoms with van der Waals surface area (Å²) in [4.78, 5) is 74.3. The molecule has 1 saturated carbocycles. The number of unbranched alkanes of at least 4 members (excludes halogenated alkanes) is 1. The van der Waals surface area contributed by atoms with Gasteiger partial charge in [-0.05, 0) is 52.8 Å². The van der Waals surface area contributed by atoms with Gasteiger partial charge in [-0.2, -0.15) is 0 Å². The number of Topliss-reactive ketones (excluding diaryl/α,β-unsaturated/α-hetero) is 3. The van der Waals surface area contributed by atoms with E-state index in [0.29, 0.717) is 50.8 Å². The molecule has 15 heteroatoms. The van der Waals surface area contributed by atoms with Crippen LogP contribution in [-0.2, 0) is 47.7 Å². The lowest BCUT2D eigenvalue weighted by Gasteiger charge is -2.30. The summed E-state index contributed by atoms with van der Waals surface area (Å²) in [7, 11) is 0. The van der Waals surface area contributed by atoms with Crippen LogP contribution in [0.25, 0.3) is 11.1 Å².